The average Bonchev–Trinajstić information content (AvgIpc) is 1.68. The maximum Gasteiger partial charge on any atom is 0.0535 e. The fourth-order valence-electron chi connectivity index (χ4n) is 0.0408. The fourth-order valence-corrected chi connectivity index (χ4v) is 0.0408. The van der Waals surface area contributed by atoms with Crippen molar-refractivity contribution in [1.29, 1.82) is 0 Å². The minimum Gasteiger partial charge on any atom is -0.220 e. The van der Waals surface area contributed by atoms with E-state index < -0.39 is 4.92 Å². The average molecular weight is 105 g/mol. The van der Waals surface area contributed by atoms with E-state index in [4.69, 9.17) is 17.5 Å². The Morgan fingerprint density at radius 1 is 1.57 bits per heavy atom. The summed E-state index contributed by atoms with van der Waals surface area (Å²) in [5.74, 6) is 14.7. The summed E-state index contributed by atoms with van der Waals surface area (Å²) >= 11 is 0. The van der Waals surface area contributed by atoms with Gasteiger partial charge < -0.3 is 0 Å². The predicted molar refractivity (Wildman–Crippen MR) is 25.5 cm³/mol. The normalized spacial score (nSPS) is 11.3. The van der Waals surface area contributed by atoms with E-state index in [9.17, 15) is 0 Å². The summed E-state index contributed by atoms with van der Waals surface area (Å²) in [4.78, 5) is -0.819. The Morgan fingerprint density at radius 3 is 2.00 bits per heavy atom. The molecule has 0 amide bonds. The molecule has 7 heavy (non-hydrogen) atoms. The lowest BCUT2D eigenvalue weighted by atomic mass is 11.6. The second-order valence-electron chi connectivity index (χ2n) is 1.01. The lowest BCUT2D eigenvalue weighted by Gasteiger charge is -2.13. The number of nitrogens with two attached hydrogens (primary N) is 3. The lowest BCUT2D eigenvalue weighted by molar-refractivity contribution is -1.000. The SMILES string of the molecule is C=N[N+](N)(N)NN. The first-order chi connectivity index (χ1) is 3.12. The van der Waals surface area contributed by atoms with Crippen molar-refractivity contribution in [2.75, 3.05) is 0 Å². The standard InChI is InChI=1S/CH9N6/c1-5-7(3,4)6-2/h6H,1-4H2/q+1. The van der Waals surface area contributed by atoms with Crippen LogP contribution in [0.3, 0.4) is 0 Å². The second-order valence-corrected chi connectivity index (χ2v) is 1.01. The Balaban J connectivity index is 3.58. The monoisotopic (exact) mass is 105 g/mol. The van der Waals surface area contributed by atoms with Crippen LogP contribution in [-0.2, 0) is 0 Å². The van der Waals surface area contributed by atoms with Crippen LogP contribution in [0.1, 0.15) is 0 Å². The first kappa shape index (κ1) is 6.47. The zero-order valence-corrected chi connectivity index (χ0v) is 3.83. The summed E-state index contributed by atoms with van der Waals surface area (Å²) < 4.78 is 0. The quantitative estimate of drug-likeness (QED) is 0.135. The maximum atomic E-state index is 4.97. The van der Waals surface area contributed by atoms with Gasteiger partial charge in [0.25, 0.3) is 0 Å². The van der Waals surface area contributed by atoms with Crippen LogP contribution in [0.25, 0.3) is 0 Å². The highest BCUT2D eigenvalue weighted by Gasteiger charge is 2.08. The third-order valence-electron chi connectivity index (χ3n) is 0.441. The molecule has 0 rings (SSSR count). The molecule has 0 heterocycles. The number of nitrogens with zero attached hydrogens (tertiary/aromatic N) is 2. The zero-order valence-electron chi connectivity index (χ0n) is 3.83. The number of quaternary nitrogens is 1. The van der Waals surface area contributed by atoms with Crippen molar-refractivity contribution in [2.45, 2.75) is 0 Å². The van der Waals surface area contributed by atoms with E-state index in [2.05, 4.69) is 11.8 Å². The second kappa shape index (κ2) is 1.96. The Morgan fingerprint density at radius 2 is 2.00 bits per heavy atom. The van der Waals surface area contributed by atoms with Gasteiger partial charge >= 0.3 is 0 Å². The summed E-state index contributed by atoms with van der Waals surface area (Å²) in [6.07, 6.45) is 0. The molecule has 0 aromatic heterocycles. The van der Waals surface area contributed by atoms with Crippen molar-refractivity contribution in [1.82, 2.24) is 5.53 Å². The molecule has 0 fully saturated rings. The van der Waals surface area contributed by atoms with Crippen molar-refractivity contribution in [3.8, 4) is 0 Å². The van der Waals surface area contributed by atoms with E-state index in [0.29, 0.717) is 0 Å². The maximum absolute atomic E-state index is 4.97. The summed E-state index contributed by atoms with van der Waals surface area (Å²) in [6, 6.07) is 0. The van der Waals surface area contributed by atoms with Crippen LogP contribution in [0.15, 0.2) is 5.10 Å². The smallest absolute Gasteiger partial charge is 0.0535 e. The summed E-state index contributed by atoms with van der Waals surface area (Å²) in [5.41, 5.74) is 1.95. The lowest BCUT2D eigenvalue weighted by Crippen LogP contribution is -2.67. The molecule has 0 radical (unpaired) electrons. The molecular weight excluding hydrogens is 96.1 g/mol. The van der Waals surface area contributed by atoms with E-state index in [-0.39, 0.29) is 0 Å². The molecule has 42 valence electrons. The van der Waals surface area contributed by atoms with Crippen LogP contribution in [-0.4, -0.2) is 11.6 Å². The predicted octanol–water partition coefficient (Wildman–Crippen LogP) is -2.46. The highest BCUT2D eigenvalue weighted by Crippen LogP contribution is 1.69. The minimum atomic E-state index is -0.819. The topological polar surface area (TPSA) is 102 Å². The molecule has 0 aromatic carbocycles. The van der Waals surface area contributed by atoms with Crippen molar-refractivity contribution in [3.63, 3.8) is 0 Å². The fraction of sp³-hybridized carbons (Fsp3) is 0. The largest absolute Gasteiger partial charge is 0.220 e. The molecule has 7 N–H and O–H groups in total. The number of hydrogen-bond donors (Lipinski definition) is 4. The van der Waals surface area contributed by atoms with Gasteiger partial charge in [0, 0.05) is 4.92 Å². The summed E-state index contributed by atoms with van der Waals surface area (Å²) in [6.45, 7) is 3.03. The van der Waals surface area contributed by atoms with Crippen LogP contribution >= 0.6 is 0 Å². The number of hydrazine groups is 1. The molecule has 0 aliphatic rings. The third kappa shape index (κ3) is 2.20. The Hall–Kier alpha value is -0.530. The van der Waals surface area contributed by atoms with Crippen molar-refractivity contribution in [2.24, 2.45) is 22.6 Å². The van der Waals surface area contributed by atoms with Gasteiger partial charge in [-0.1, -0.05) is 0 Å². The minimum absolute atomic E-state index is 0.819. The summed E-state index contributed by atoms with van der Waals surface area (Å²) in [5, 5.41) is 3.15. The van der Waals surface area contributed by atoms with E-state index >= 15 is 0 Å². The molecule has 0 unspecified atom stereocenters. The Labute approximate surface area is 41.0 Å². The van der Waals surface area contributed by atoms with Crippen LogP contribution in [0.4, 0.5) is 0 Å². The van der Waals surface area contributed by atoms with Gasteiger partial charge in [-0.15, -0.1) is 11.7 Å². The third-order valence-corrected chi connectivity index (χ3v) is 0.441. The van der Waals surface area contributed by atoms with Gasteiger partial charge in [0.15, 0.2) is 0 Å². The molecule has 0 saturated heterocycles. The molecule has 6 nitrogen and oxygen atoms in total. The molecule has 0 spiro atoms. The summed E-state index contributed by atoms with van der Waals surface area (Å²) in [7, 11) is 0. The van der Waals surface area contributed by atoms with Crippen molar-refractivity contribution in [3.05, 3.63) is 0 Å². The van der Waals surface area contributed by atoms with E-state index in [1.807, 2.05) is 5.53 Å². The van der Waals surface area contributed by atoms with E-state index in [1.54, 1.807) is 0 Å². The van der Waals surface area contributed by atoms with Gasteiger partial charge in [0.2, 0.25) is 0 Å². The molecule has 0 aromatic rings. The van der Waals surface area contributed by atoms with Gasteiger partial charge in [-0.3, -0.25) is 0 Å². The van der Waals surface area contributed by atoms with Crippen LogP contribution in [0, 0.1) is 0 Å². The first-order valence-corrected chi connectivity index (χ1v) is 1.54. The zero-order chi connectivity index (χ0) is 5.91. The number of hydrogen-bond acceptors (Lipinski definition) is 5. The van der Waals surface area contributed by atoms with Crippen LogP contribution < -0.4 is 23.1 Å². The highest BCUT2D eigenvalue weighted by molar-refractivity contribution is 5.21. The number of rotatable bonds is 2. The molecule has 0 bridgehead atoms. The number of nitrogens with one attached hydrogen (secondary N) is 1. The van der Waals surface area contributed by atoms with Gasteiger partial charge in [0.1, 0.15) is 0 Å². The van der Waals surface area contributed by atoms with Crippen molar-refractivity contribution < 1.29 is 4.92 Å². The van der Waals surface area contributed by atoms with Gasteiger partial charge in [-0.2, -0.15) is 0 Å². The van der Waals surface area contributed by atoms with Gasteiger partial charge in [-0.05, 0) is 10.6 Å². The molecule has 0 atom stereocenters. The first-order valence-electron chi connectivity index (χ1n) is 1.54. The van der Waals surface area contributed by atoms with Gasteiger partial charge in [-0.25, -0.2) is 5.84 Å². The van der Waals surface area contributed by atoms with Gasteiger partial charge in [0.05, 0.1) is 6.72 Å². The van der Waals surface area contributed by atoms with Crippen molar-refractivity contribution >= 4 is 6.72 Å². The van der Waals surface area contributed by atoms with E-state index in [0.717, 1.165) is 0 Å². The molecule has 0 aliphatic carbocycles. The molecule has 0 saturated carbocycles. The molecule has 6 heteroatoms. The van der Waals surface area contributed by atoms with E-state index in [1.165, 1.54) is 0 Å². The Bertz CT molecular complexity index is 64.6. The Kier molecular flexibility index (Phi) is 1.81. The molecule has 0 aliphatic heterocycles. The van der Waals surface area contributed by atoms with Crippen LogP contribution in [0.2, 0.25) is 0 Å². The van der Waals surface area contributed by atoms with Crippen LogP contribution in [0.5, 0.6) is 0 Å². The highest BCUT2D eigenvalue weighted by atomic mass is 16.1. The molecular formula is CH9N6+.